The molecule has 1 saturated heterocycles. The van der Waals surface area contributed by atoms with Gasteiger partial charge in [0.05, 0.1) is 0 Å². The summed E-state index contributed by atoms with van der Waals surface area (Å²) in [7, 11) is 0. The Labute approximate surface area is 119 Å². The molecule has 1 aliphatic rings. The Morgan fingerprint density at radius 1 is 1.15 bits per heavy atom. The van der Waals surface area contributed by atoms with Crippen LogP contribution in [0.2, 0.25) is 0 Å². The molecule has 1 aliphatic heterocycles. The SMILES string of the molecule is c1ccc(Nc2cccc(C[C@H]3CCCNC3)n2)nc1. The van der Waals surface area contributed by atoms with Crippen molar-refractivity contribution < 1.29 is 0 Å². The Balaban J connectivity index is 1.66. The van der Waals surface area contributed by atoms with Crippen molar-refractivity contribution in [3.05, 3.63) is 48.3 Å². The Kier molecular flexibility index (Phi) is 4.23. The highest BCUT2D eigenvalue weighted by Gasteiger charge is 2.14. The molecule has 2 aromatic rings. The van der Waals surface area contributed by atoms with Crippen molar-refractivity contribution >= 4 is 11.6 Å². The third kappa shape index (κ3) is 3.54. The predicted molar refractivity (Wildman–Crippen MR) is 81.1 cm³/mol. The summed E-state index contributed by atoms with van der Waals surface area (Å²) in [6.45, 7) is 2.27. The van der Waals surface area contributed by atoms with Gasteiger partial charge < -0.3 is 10.6 Å². The first-order valence-corrected chi connectivity index (χ1v) is 7.25. The average Bonchev–Trinajstić information content (AvgIpc) is 2.50. The van der Waals surface area contributed by atoms with E-state index in [1.807, 2.05) is 24.3 Å². The van der Waals surface area contributed by atoms with Crippen LogP contribution in [0.25, 0.3) is 0 Å². The highest BCUT2D eigenvalue weighted by molar-refractivity contribution is 5.51. The van der Waals surface area contributed by atoms with Crippen LogP contribution in [0.1, 0.15) is 18.5 Å². The maximum Gasteiger partial charge on any atom is 0.131 e. The fraction of sp³-hybridized carbons (Fsp3) is 0.375. The summed E-state index contributed by atoms with van der Waals surface area (Å²) < 4.78 is 0. The fourth-order valence-electron chi connectivity index (χ4n) is 2.62. The van der Waals surface area contributed by atoms with E-state index in [4.69, 9.17) is 0 Å². The van der Waals surface area contributed by atoms with Gasteiger partial charge in [-0.3, -0.25) is 0 Å². The maximum absolute atomic E-state index is 4.68. The van der Waals surface area contributed by atoms with Gasteiger partial charge in [-0.2, -0.15) is 0 Å². The van der Waals surface area contributed by atoms with Crippen LogP contribution in [0.15, 0.2) is 42.6 Å². The zero-order chi connectivity index (χ0) is 13.6. The van der Waals surface area contributed by atoms with E-state index in [9.17, 15) is 0 Å². The third-order valence-corrected chi connectivity index (χ3v) is 3.62. The van der Waals surface area contributed by atoms with Crippen molar-refractivity contribution in [1.29, 1.82) is 0 Å². The van der Waals surface area contributed by atoms with E-state index in [2.05, 4.69) is 32.7 Å². The van der Waals surface area contributed by atoms with Crippen LogP contribution >= 0.6 is 0 Å². The third-order valence-electron chi connectivity index (χ3n) is 3.62. The smallest absolute Gasteiger partial charge is 0.131 e. The zero-order valence-corrected chi connectivity index (χ0v) is 11.5. The van der Waals surface area contributed by atoms with Gasteiger partial charge in [-0.15, -0.1) is 0 Å². The number of anilines is 2. The molecule has 0 bridgehead atoms. The lowest BCUT2D eigenvalue weighted by atomic mass is 9.94. The summed E-state index contributed by atoms with van der Waals surface area (Å²) >= 11 is 0. The lowest BCUT2D eigenvalue weighted by Gasteiger charge is -2.22. The second kappa shape index (κ2) is 6.48. The van der Waals surface area contributed by atoms with Gasteiger partial charge in [0.1, 0.15) is 11.6 Å². The number of piperidine rings is 1. The molecular formula is C16H20N4. The highest BCUT2D eigenvalue weighted by Crippen LogP contribution is 2.17. The lowest BCUT2D eigenvalue weighted by Crippen LogP contribution is -2.31. The molecule has 0 aromatic carbocycles. The van der Waals surface area contributed by atoms with Crippen molar-refractivity contribution in [2.75, 3.05) is 18.4 Å². The molecule has 0 saturated carbocycles. The van der Waals surface area contributed by atoms with Crippen LogP contribution in [0.4, 0.5) is 11.6 Å². The van der Waals surface area contributed by atoms with E-state index >= 15 is 0 Å². The van der Waals surface area contributed by atoms with Crippen LogP contribution in [-0.2, 0) is 6.42 Å². The van der Waals surface area contributed by atoms with Crippen LogP contribution in [-0.4, -0.2) is 23.1 Å². The maximum atomic E-state index is 4.68. The minimum Gasteiger partial charge on any atom is -0.325 e. The van der Waals surface area contributed by atoms with Gasteiger partial charge in [0, 0.05) is 11.9 Å². The molecule has 1 atom stereocenters. The van der Waals surface area contributed by atoms with Gasteiger partial charge in [-0.1, -0.05) is 12.1 Å². The summed E-state index contributed by atoms with van der Waals surface area (Å²) in [5, 5.41) is 6.70. The van der Waals surface area contributed by atoms with Gasteiger partial charge in [-0.05, 0) is 62.5 Å². The fourth-order valence-corrected chi connectivity index (χ4v) is 2.62. The highest BCUT2D eigenvalue weighted by atomic mass is 15.1. The Hall–Kier alpha value is -1.94. The summed E-state index contributed by atoms with van der Waals surface area (Å²) in [4.78, 5) is 8.94. The molecule has 3 heterocycles. The monoisotopic (exact) mass is 268 g/mol. The first-order chi connectivity index (χ1) is 9.90. The number of nitrogens with zero attached hydrogens (tertiary/aromatic N) is 2. The van der Waals surface area contributed by atoms with Gasteiger partial charge in [-0.25, -0.2) is 9.97 Å². The van der Waals surface area contributed by atoms with Crippen molar-refractivity contribution in [3.63, 3.8) is 0 Å². The van der Waals surface area contributed by atoms with Crippen LogP contribution in [0.5, 0.6) is 0 Å². The Morgan fingerprint density at radius 3 is 2.90 bits per heavy atom. The number of aromatic nitrogens is 2. The molecule has 4 nitrogen and oxygen atoms in total. The molecule has 1 fully saturated rings. The van der Waals surface area contributed by atoms with Crippen molar-refractivity contribution in [3.8, 4) is 0 Å². The number of hydrogen-bond acceptors (Lipinski definition) is 4. The van der Waals surface area contributed by atoms with Crippen molar-refractivity contribution in [2.24, 2.45) is 5.92 Å². The molecule has 0 aliphatic carbocycles. The standard InChI is InChI=1S/C16H20N4/c1-2-10-18-15(7-1)20-16-8-3-6-14(19-16)11-13-5-4-9-17-12-13/h1-3,6-8,10,13,17H,4-5,9,11-12H2,(H,18,19,20)/t13-/m1/s1. The number of nitrogens with one attached hydrogen (secondary N) is 2. The molecule has 0 spiro atoms. The molecular weight excluding hydrogens is 248 g/mol. The quantitative estimate of drug-likeness (QED) is 0.895. The molecule has 0 radical (unpaired) electrons. The largest absolute Gasteiger partial charge is 0.325 e. The first kappa shape index (κ1) is 13.1. The van der Waals surface area contributed by atoms with E-state index in [0.717, 1.165) is 36.8 Å². The predicted octanol–water partition coefficient (Wildman–Crippen LogP) is 2.76. The van der Waals surface area contributed by atoms with Crippen LogP contribution in [0.3, 0.4) is 0 Å². The molecule has 0 unspecified atom stereocenters. The summed E-state index contributed by atoms with van der Waals surface area (Å²) in [5.74, 6) is 2.41. The number of rotatable bonds is 4. The van der Waals surface area contributed by atoms with E-state index in [1.54, 1.807) is 6.20 Å². The topological polar surface area (TPSA) is 49.8 Å². The van der Waals surface area contributed by atoms with E-state index in [-0.39, 0.29) is 0 Å². The molecule has 104 valence electrons. The van der Waals surface area contributed by atoms with E-state index < -0.39 is 0 Å². The number of hydrogen-bond donors (Lipinski definition) is 2. The normalized spacial score (nSPS) is 18.7. The summed E-state index contributed by atoms with van der Waals surface area (Å²) in [6.07, 6.45) is 5.40. The van der Waals surface area contributed by atoms with Gasteiger partial charge in [0.2, 0.25) is 0 Å². The van der Waals surface area contributed by atoms with Crippen molar-refractivity contribution in [2.45, 2.75) is 19.3 Å². The average molecular weight is 268 g/mol. The molecule has 3 rings (SSSR count). The number of pyridine rings is 2. The second-order valence-electron chi connectivity index (χ2n) is 5.27. The van der Waals surface area contributed by atoms with E-state index in [0.29, 0.717) is 5.92 Å². The Bertz CT molecular complexity index is 535. The Morgan fingerprint density at radius 2 is 2.10 bits per heavy atom. The second-order valence-corrected chi connectivity index (χ2v) is 5.27. The van der Waals surface area contributed by atoms with Gasteiger partial charge in [0.15, 0.2) is 0 Å². The van der Waals surface area contributed by atoms with Crippen LogP contribution < -0.4 is 10.6 Å². The molecule has 2 N–H and O–H groups in total. The minimum absolute atomic E-state index is 0.710. The molecule has 0 amide bonds. The lowest BCUT2D eigenvalue weighted by molar-refractivity contribution is 0.373. The van der Waals surface area contributed by atoms with E-state index in [1.165, 1.54) is 12.8 Å². The van der Waals surface area contributed by atoms with Crippen LogP contribution in [0, 0.1) is 5.92 Å². The molecule has 4 heteroatoms. The van der Waals surface area contributed by atoms with Gasteiger partial charge >= 0.3 is 0 Å². The zero-order valence-electron chi connectivity index (χ0n) is 11.5. The van der Waals surface area contributed by atoms with Crippen molar-refractivity contribution in [1.82, 2.24) is 15.3 Å². The van der Waals surface area contributed by atoms with Gasteiger partial charge in [0.25, 0.3) is 0 Å². The molecule has 2 aromatic heterocycles. The summed E-state index contributed by atoms with van der Waals surface area (Å²) in [5.41, 5.74) is 1.15. The first-order valence-electron chi connectivity index (χ1n) is 7.25. The minimum atomic E-state index is 0.710. The summed E-state index contributed by atoms with van der Waals surface area (Å²) in [6, 6.07) is 12.0. The molecule has 20 heavy (non-hydrogen) atoms.